The number of pyridine rings is 3. The van der Waals surface area contributed by atoms with Crippen LogP contribution in [0.5, 0.6) is 0 Å². The zero-order valence-corrected chi connectivity index (χ0v) is 58.3. The lowest BCUT2D eigenvalue weighted by Gasteiger charge is -2.43. The zero-order chi connectivity index (χ0) is 71.4. The number of piperazine rings is 2. The molecule has 18 nitrogen and oxygen atoms in total. The van der Waals surface area contributed by atoms with E-state index < -0.39 is 71.5 Å². The van der Waals surface area contributed by atoms with E-state index >= 15 is 0 Å². The van der Waals surface area contributed by atoms with Gasteiger partial charge in [0.1, 0.15) is 69.8 Å². The van der Waals surface area contributed by atoms with Gasteiger partial charge in [-0.2, -0.15) is 0 Å². The Morgan fingerprint density at radius 2 is 0.727 bits per heavy atom. The van der Waals surface area contributed by atoms with Gasteiger partial charge in [0.2, 0.25) is 0 Å². The highest BCUT2D eigenvalue weighted by molar-refractivity contribution is 5.92. The van der Waals surface area contributed by atoms with Crippen LogP contribution in [-0.4, -0.2) is 157 Å². The van der Waals surface area contributed by atoms with Crippen molar-refractivity contribution in [3.8, 4) is 0 Å². The molecular weight excluding hydrogens is 1290 g/mol. The highest BCUT2D eigenvalue weighted by atomic mass is 19.3. The molecule has 8 atom stereocenters. The Morgan fingerprint density at radius 3 is 1.02 bits per heavy atom. The monoisotopic (exact) mass is 1370 g/mol. The second-order valence-corrected chi connectivity index (χ2v) is 26.5. The quantitative estimate of drug-likeness (QED) is 0.0780. The molecule has 99 heavy (non-hydrogen) atoms. The number of fused-ring (bicyclic) bond motifs is 3. The Bertz CT molecular complexity index is 4100. The molecule has 3 aliphatic heterocycles. The Hall–Kier alpha value is -8.82. The Labute approximate surface area is 571 Å². The number of anilines is 6. The van der Waals surface area contributed by atoms with E-state index in [1.165, 1.54) is 36.4 Å². The van der Waals surface area contributed by atoms with Gasteiger partial charge in [-0.3, -0.25) is 9.80 Å². The van der Waals surface area contributed by atoms with Gasteiger partial charge in [0, 0.05) is 102 Å². The summed E-state index contributed by atoms with van der Waals surface area (Å²) in [5, 5.41) is 11.9. The summed E-state index contributed by atoms with van der Waals surface area (Å²) in [7, 11) is 8.43. The molecule has 9 aromatic rings. The van der Waals surface area contributed by atoms with Crippen LogP contribution in [0.15, 0.2) is 91.4 Å². The molecule has 3 aliphatic rings. The molecule has 27 heteroatoms. The third-order valence-electron chi connectivity index (χ3n) is 19.2. The van der Waals surface area contributed by atoms with Crippen LogP contribution in [0, 0.1) is 38.2 Å². The van der Waals surface area contributed by atoms with E-state index in [1.54, 1.807) is 60.1 Å². The van der Waals surface area contributed by atoms with Gasteiger partial charge in [0.05, 0.1) is 70.0 Å². The Morgan fingerprint density at radius 1 is 0.434 bits per heavy atom. The number of alkyl halides is 6. The summed E-state index contributed by atoms with van der Waals surface area (Å²) in [5.74, 6) is 2.97. The Kier molecular flexibility index (Phi) is 22.9. The lowest BCUT2D eigenvalue weighted by molar-refractivity contribution is 0.145. The maximum Gasteiger partial charge on any atom is 0.266 e. The van der Waals surface area contributed by atoms with E-state index in [1.807, 2.05) is 18.2 Å². The summed E-state index contributed by atoms with van der Waals surface area (Å²) >= 11 is 0. The molecule has 0 amide bonds. The summed E-state index contributed by atoms with van der Waals surface area (Å²) in [6.45, 7) is 24.4. The van der Waals surface area contributed by atoms with Crippen molar-refractivity contribution < 1.29 is 39.5 Å². The smallest absolute Gasteiger partial charge is 0.266 e. The van der Waals surface area contributed by atoms with Gasteiger partial charge in [0.25, 0.3) is 19.3 Å². The number of nitrogens with zero attached hydrogens (tertiary/aromatic N) is 15. The number of aromatic nitrogens is 9. The molecule has 3 aromatic carbocycles. The fourth-order valence-electron chi connectivity index (χ4n) is 13.1. The highest BCUT2D eigenvalue weighted by Gasteiger charge is 2.31. The molecule has 0 aliphatic carbocycles. The molecule has 0 bridgehead atoms. The number of nitrogens with one attached hydrogen (secondary N) is 3. The van der Waals surface area contributed by atoms with Crippen LogP contribution in [-0.2, 0) is 0 Å². The second-order valence-electron chi connectivity index (χ2n) is 26.5. The van der Waals surface area contributed by atoms with Crippen LogP contribution in [0.2, 0.25) is 0 Å². The topological polar surface area (TPSA) is 172 Å². The summed E-state index contributed by atoms with van der Waals surface area (Å²) in [6, 6.07) is 18.3. The van der Waals surface area contributed by atoms with Crippen molar-refractivity contribution in [2.24, 2.45) is 0 Å². The molecule has 3 saturated heterocycles. The molecular formula is C72H87F9N18. The number of likely N-dealkylation sites (N-methyl/N-ethyl adjacent to an activating group) is 3. The van der Waals surface area contributed by atoms with E-state index in [2.05, 4.69) is 146 Å². The lowest BCUT2D eigenvalue weighted by Crippen LogP contribution is -2.55. The van der Waals surface area contributed by atoms with Crippen LogP contribution in [0.25, 0.3) is 32.7 Å². The van der Waals surface area contributed by atoms with Gasteiger partial charge in [-0.1, -0.05) is 54.6 Å². The van der Waals surface area contributed by atoms with Crippen LogP contribution < -0.4 is 30.7 Å². The number of aryl methyl sites for hydroxylation is 3. The number of rotatable bonds is 16. The Balaban J connectivity index is 0.000000161. The van der Waals surface area contributed by atoms with Gasteiger partial charge in [-0.15, -0.1) is 0 Å². The second kappa shape index (κ2) is 31.2. The minimum Gasteiger partial charge on any atom is -0.363 e. The number of piperidine rings is 1. The van der Waals surface area contributed by atoms with Crippen molar-refractivity contribution in [2.75, 3.05) is 98.1 Å². The van der Waals surface area contributed by atoms with Crippen LogP contribution >= 0.6 is 0 Å². The van der Waals surface area contributed by atoms with E-state index in [9.17, 15) is 39.5 Å². The van der Waals surface area contributed by atoms with E-state index in [4.69, 9.17) is 0 Å². The van der Waals surface area contributed by atoms with Crippen LogP contribution in [0.3, 0.4) is 0 Å². The summed E-state index contributed by atoms with van der Waals surface area (Å²) in [4.78, 5) is 54.6. The summed E-state index contributed by atoms with van der Waals surface area (Å²) in [6.07, 6.45) is -1.22. The standard InChI is InChI=1S/3C24H29F3N6/c2*1-13-11-33(12-14(2)32(13)5)21-9-19-20(10-28-21)30-16(4)31-24(19)29-15(3)17-7-6-8-18(22(17)25)23(26)27;1-14(17-8-5-9-18(22(17)25)23(26)27)29-24-19-11-21(28-12-20(19)30-15(2)31-24)33-10-6-7-16(13-33)32(3)4/h2*6-10,13-15,23H,11-12H2,1-5H3,(H,29,30,31);5,8-9,11-12,14,16,23H,6-7,10,13H2,1-4H3,(H,29,30,31)/t13-,14-,15+;13-,14-,15-;14-,16?/m011/s1. The molecule has 0 spiro atoms. The van der Waals surface area contributed by atoms with Crippen LogP contribution in [0.1, 0.15) is 150 Å². The number of halogens is 9. The van der Waals surface area contributed by atoms with Crippen molar-refractivity contribution in [1.29, 1.82) is 0 Å². The number of hydrogen-bond acceptors (Lipinski definition) is 18. The summed E-state index contributed by atoms with van der Waals surface area (Å²) in [5.41, 5.74) is 0.680. The fraction of sp³-hybridized carbons (Fsp3) is 0.458. The van der Waals surface area contributed by atoms with Crippen molar-refractivity contribution in [3.05, 3.63) is 160 Å². The maximum atomic E-state index is 14.7. The van der Waals surface area contributed by atoms with E-state index in [0.717, 1.165) is 104 Å². The van der Waals surface area contributed by atoms with Crippen LogP contribution in [0.4, 0.5) is 74.4 Å². The third kappa shape index (κ3) is 16.6. The summed E-state index contributed by atoms with van der Waals surface area (Å²) < 4.78 is 123. The van der Waals surface area contributed by atoms with Crippen molar-refractivity contribution in [3.63, 3.8) is 0 Å². The van der Waals surface area contributed by atoms with Gasteiger partial charge < -0.3 is 35.6 Å². The molecule has 3 fully saturated rings. The lowest BCUT2D eigenvalue weighted by atomic mass is 10.0. The largest absolute Gasteiger partial charge is 0.363 e. The SMILES string of the molecule is Cc1nc(N[C@H](C)c2cccc(C(F)F)c2F)c2cc(N3CCCC(N(C)C)C3)ncc2n1.Cc1nc(N[C@H](C)c2cccc(C(F)F)c2F)c2cc(N3C[C@@H](C)N(C)[C@H](C)C3)ncc2n1.Cc1nc(N[C@H](C)c2cccc(C(F)F)c2F)c2cc(N3C[C@H](C)N(C)[C@@H](C)C3)ncc2n1. The molecule has 12 rings (SSSR count). The molecule has 528 valence electrons. The third-order valence-corrected chi connectivity index (χ3v) is 19.2. The zero-order valence-electron chi connectivity index (χ0n) is 58.3. The molecule has 0 radical (unpaired) electrons. The highest BCUT2D eigenvalue weighted by Crippen LogP contribution is 2.37. The molecule has 6 aromatic heterocycles. The maximum absolute atomic E-state index is 14.7. The van der Waals surface area contributed by atoms with Gasteiger partial charge in [-0.05, 0) is 128 Å². The molecule has 9 heterocycles. The van der Waals surface area contributed by atoms with Crippen molar-refractivity contribution in [2.45, 2.75) is 150 Å². The average Bonchev–Trinajstić information content (AvgIpc) is 0.793. The van der Waals surface area contributed by atoms with Crippen molar-refractivity contribution in [1.82, 2.24) is 59.6 Å². The normalized spacial score (nSPS) is 19.5. The fourth-order valence-corrected chi connectivity index (χ4v) is 13.1. The first-order chi connectivity index (χ1) is 47.0. The number of benzene rings is 3. The van der Waals surface area contributed by atoms with Gasteiger partial charge in [0.15, 0.2) is 0 Å². The first-order valence-electron chi connectivity index (χ1n) is 33.3. The predicted octanol–water partition coefficient (Wildman–Crippen LogP) is 15.3. The van der Waals surface area contributed by atoms with Gasteiger partial charge in [-0.25, -0.2) is 84.4 Å². The molecule has 3 N–H and O–H groups in total. The average molecular weight is 1380 g/mol. The minimum absolute atomic E-state index is 0.160. The molecule has 0 saturated carbocycles. The first-order valence-corrected chi connectivity index (χ1v) is 33.3. The number of hydrogen-bond donors (Lipinski definition) is 3. The van der Waals surface area contributed by atoms with Crippen molar-refractivity contribution >= 4 is 67.6 Å². The predicted molar refractivity (Wildman–Crippen MR) is 373 cm³/mol. The molecule has 1 unspecified atom stereocenters. The van der Waals surface area contributed by atoms with E-state index in [0.29, 0.717) is 81.7 Å². The van der Waals surface area contributed by atoms with Gasteiger partial charge >= 0.3 is 0 Å². The minimum atomic E-state index is -2.87. The van der Waals surface area contributed by atoms with E-state index in [-0.39, 0.29) is 16.7 Å². The first kappa shape index (κ1) is 72.9.